The number of hydrogen-bond acceptors (Lipinski definition) is 3. The number of fused-ring (bicyclic) bond motifs is 3. The zero-order valence-electron chi connectivity index (χ0n) is 17.8. The summed E-state index contributed by atoms with van der Waals surface area (Å²) < 4.78 is 0. The van der Waals surface area contributed by atoms with Gasteiger partial charge in [0, 0.05) is 17.0 Å². The number of aromatic nitrogens is 4. The third-order valence-electron chi connectivity index (χ3n) is 5.61. The molecule has 0 atom stereocenters. The Morgan fingerprint density at radius 1 is 0.735 bits per heavy atom. The van der Waals surface area contributed by atoms with Crippen molar-refractivity contribution in [3.05, 3.63) is 84.7 Å². The van der Waals surface area contributed by atoms with Gasteiger partial charge in [-0.25, -0.2) is 9.78 Å². The third kappa shape index (κ3) is 3.51. The lowest BCUT2D eigenvalue weighted by atomic mass is 10.2. The summed E-state index contributed by atoms with van der Waals surface area (Å²) in [5.74, 6) is 0.0187. The van der Waals surface area contributed by atoms with E-state index in [1.807, 2.05) is 66.9 Å². The average Bonchev–Trinajstić information content (AvgIpc) is 3.57. The molecular weight excluding hydrogens is 430 g/mol. The smallest absolute Gasteiger partial charge is 0.323 e. The maximum Gasteiger partial charge on any atom is 0.323 e. The summed E-state index contributed by atoms with van der Waals surface area (Å²) in [4.78, 5) is 39.2. The van der Waals surface area contributed by atoms with E-state index in [1.54, 1.807) is 12.1 Å². The molecule has 0 saturated heterocycles. The summed E-state index contributed by atoms with van der Waals surface area (Å²) in [6, 6.07) is 21.9. The molecule has 9 heteroatoms. The first kappa shape index (κ1) is 19.6. The number of imidazole rings is 1. The molecule has 166 valence electrons. The van der Waals surface area contributed by atoms with Crippen LogP contribution in [0, 0.1) is 0 Å². The van der Waals surface area contributed by atoms with Crippen molar-refractivity contribution in [3.8, 4) is 0 Å². The van der Waals surface area contributed by atoms with E-state index in [0.29, 0.717) is 28.5 Å². The first-order chi connectivity index (χ1) is 16.6. The van der Waals surface area contributed by atoms with Gasteiger partial charge in [0.15, 0.2) is 0 Å². The maximum atomic E-state index is 12.8. The molecule has 3 aromatic heterocycles. The Balaban J connectivity index is 1.23. The summed E-state index contributed by atoms with van der Waals surface area (Å²) in [6.45, 7) is 0. The number of nitrogens with one attached hydrogen (secondary N) is 6. The van der Waals surface area contributed by atoms with Crippen molar-refractivity contribution in [2.45, 2.75) is 0 Å². The molecule has 3 amide bonds. The van der Waals surface area contributed by atoms with Crippen LogP contribution in [0.25, 0.3) is 32.8 Å². The number of rotatable bonds is 4. The zero-order valence-corrected chi connectivity index (χ0v) is 17.8. The van der Waals surface area contributed by atoms with Gasteiger partial charge in [-0.3, -0.25) is 10.1 Å². The van der Waals surface area contributed by atoms with Gasteiger partial charge >= 0.3 is 6.03 Å². The fourth-order valence-corrected chi connectivity index (χ4v) is 4.03. The second-order valence-electron chi connectivity index (χ2n) is 7.84. The van der Waals surface area contributed by atoms with E-state index in [9.17, 15) is 9.59 Å². The Labute approximate surface area is 192 Å². The van der Waals surface area contributed by atoms with E-state index >= 15 is 0 Å². The minimum Gasteiger partial charge on any atom is -0.359 e. The largest absolute Gasteiger partial charge is 0.359 e. The lowest BCUT2D eigenvalue weighted by Crippen LogP contribution is -2.19. The monoisotopic (exact) mass is 449 g/mol. The van der Waals surface area contributed by atoms with Crippen molar-refractivity contribution in [1.82, 2.24) is 19.9 Å². The highest BCUT2D eigenvalue weighted by molar-refractivity contribution is 6.11. The molecule has 0 fully saturated rings. The molecular formula is C25H19N7O2. The van der Waals surface area contributed by atoms with E-state index in [4.69, 9.17) is 0 Å². The van der Waals surface area contributed by atoms with Gasteiger partial charge in [0.05, 0.1) is 33.4 Å². The number of carbonyl (C=O) groups is 2. The van der Waals surface area contributed by atoms with Crippen molar-refractivity contribution >= 4 is 62.1 Å². The number of benzene rings is 3. The van der Waals surface area contributed by atoms with Crippen LogP contribution in [-0.4, -0.2) is 31.9 Å². The van der Waals surface area contributed by atoms with E-state index in [2.05, 4.69) is 35.9 Å². The summed E-state index contributed by atoms with van der Waals surface area (Å²) >= 11 is 0. The van der Waals surface area contributed by atoms with Gasteiger partial charge in [-0.1, -0.05) is 36.4 Å². The fraction of sp³-hybridized carbons (Fsp3) is 0. The predicted molar refractivity (Wildman–Crippen MR) is 133 cm³/mol. The van der Waals surface area contributed by atoms with E-state index < -0.39 is 6.03 Å². The molecule has 3 aromatic carbocycles. The summed E-state index contributed by atoms with van der Waals surface area (Å²) in [5.41, 5.74) is 4.66. The number of aromatic amines is 3. The zero-order chi connectivity index (χ0) is 23.1. The van der Waals surface area contributed by atoms with Gasteiger partial charge in [0.25, 0.3) is 5.91 Å². The second-order valence-corrected chi connectivity index (χ2v) is 7.84. The second kappa shape index (κ2) is 7.82. The highest BCUT2D eigenvalue weighted by Crippen LogP contribution is 2.26. The fourth-order valence-electron chi connectivity index (χ4n) is 4.03. The molecule has 6 rings (SSSR count). The Hall–Kier alpha value is -5.05. The number of hydrogen-bond donors (Lipinski definition) is 6. The number of H-pyrrole nitrogens is 3. The Kier molecular flexibility index (Phi) is 4.51. The molecule has 6 N–H and O–H groups in total. The Morgan fingerprint density at radius 3 is 2.32 bits per heavy atom. The van der Waals surface area contributed by atoms with Crippen LogP contribution >= 0.6 is 0 Å². The number of anilines is 3. The summed E-state index contributed by atoms with van der Waals surface area (Å²) in [6.07, 6.45) is 1.82. The van der Waals surface area contributed by atoms with Crippen molar-refractivity contribution < 1.29 is 9.59 Å². The van der Waals surface area contributed by atoms with Crippen molar-refractivity contribution in [1.29, 1.82) is 0 Å². The van der Waals surface area contributed by atoms with Crippen LogP contribution in [0.2, 0.25) is 0 Å². The van der Waals surface area contributed by atoms with E-state index in [-0.39, 0.29) is 5.91 Å². The maximum absolute atomic E-state index is 12.8. The highest BCUT2D eigenvalue weighted by Gasteiger charge is 2.15. The molecule has 0 aliphatic heterocycles. The molecule has 0 aliphatic rings. The van der Waals surface area contributed by atoms with Gasteiger partial charge < -0.3 is 25.6 Å². The molecule has 0 bridgehead atoms. The van der Waals surface area contributed by atoms with Crippen LogP contribution in [0.4, 0.5) is 22.1 Å². The van der Waals surface area contributed by atoms with Gasteiger partial charge in [-0.15, -0.1) is 0 Å². The quantitative estimate of drug-likeness (QED) is 0.215. The first-order valence-electron chi connectivity index (χ1n) is 10.7. The van der Waals surface area contributed by atoms with Crippen LogP contribution in [0.1, 0.15) is 10.5 Å². The van der Waals surface area contributed by atoms with Gasteiger partial charge in [-0.05, 0) is 36.4 Å². The van der Waals surface area contributed by atoms with Crippen molar-refractivity contribution in [2.75, 3.05) is 16.0 Å². The first-order valence-corrected chi connectivity index (χ1v) is 10.7. The number of urea groups is 1. The van der Waals surface area contributed by atoms with Crippen molar-refractivity contribution in [2.24, 2.45) is 0 Å². The van der Waals surface area contributed by atoms with Gasteiger partial charge in [0.2, 0.25) is 5.95 Å². The number of para-hydroxylation sites is 4. The van der Waals surface area contributed by atoms with Crippen LogP contribution in [0.15, 0.2) is 79.0 Å². The standard InChI is InChI=1S/C25H19N7O2/c33-23(32-24-28-16-7-1-2-8-17(16)29-24)20-13-15-6-4-10-19(22(15)27-20)31-25(34)30-18-9-3-5-14-11-12-26-21(14)18/h1-13,26-27H,(H2,30,31,34)(H2,28,29,32,33). The normalized spacial score (nSPS) is 11.2. The minimum absolute atomic E-state index is 0.343. The molecule has 0 saturated carbocycles. The highest BCUT2D eigenvalue weighted by atomic mass is 16.2. The predicted octanol–water partition coefficient (Wildman–Crippen LogP) is 5.42. The summed E-state index contributed by atoms with van der Waals surface area (Å²) in [5, 5.41) is 10.3. The van der Waals surface area contributed by atoms with E-state index in [1.165, 1.54) is 0 Å². The van der Waals surface area contributed by atoms with Crippen LogP contribution in [0.5, 0.6) is 0 Å². The Morgan fingerprint density at radius 2 is 1.50 bits per heavy atom. The summed E-state index contributed by atoms with van der Waals surface area (Å²) in [7, 11) is 0. The lowest BCUT2D eigenvalue weighted by molar-refractivity contribution is 0.102. The number of nitrogens with zero attached hydrogens (tertiary/aromatic N) is 1. The van der Waals surface area contributed by atoms with Crippen LogP contribution in [-0.2, 0) is 0 Å². The SMILES string of the molecule is O=C(Nc1cccc2cc[nH]c12)Nc1cccc2cc(C(=O)Nc3nc4ccccc4[nH]3)[nH]c12. The molecule has 3 heterocycles. The molecule has 6 aromatic rings. The van der Waals surface area contributed by atoms with Crippen molar-refractivity contribution in [3.63, 3.8) is 0 Å². The van der Waals surface area contributed by atoms with Gasteiger partial charge in [-0.2, -0.15) is 0 Å². The average molecular weight is 449 g/mol. The molecule has 0 aliphatic carbocycles. The van der Waals surface area contributed by atoms with E-state index in [0.717, 1.165) is 27.3 Å². The lowest BCUT2D eigenvalue weighted by Gasteiger charge is -2.09. The molecule has 0 unspecified atom stereocenters. The van der Waals surface area contributed by atoms with Crippen LogP contribution < -0.4 is 16.0 Å². The minimum atomic E-state index is -0.391. The van der Waals surface area contributed by atoms with Gasteiger partial charge in [0.1, 0.15) is 5.69 Å². The molecule has 34 heavy (non-hydrogen) atoms. The molecule has 0 radical (unpaired) electrons. The van der Waals surface area contributed by atoms with Crippen LogP contribution in [0.3, 0.4) is 0 Å². The molecule has 9 nitrogen and oxygen atoms in total. The Bertz CT molecular complexity index is 1660. The molecule has 0 spiro atoms. The number of amides is 3. The third-order valence-corrected chi connectivity index (χ3v) is 5.61. The number of carbonyl (C=O) groups excluding carboxylic acids is 2. The topological polar surface area (TPSA) is 130 Å².